The molecule has 1 aliphatic rings. The van der Waals surface area contributed by atoms with E-state index in [-0.39, 0.29) is 30.8 Å². The lowest BCUT2D eigenvalue weighted by molar-refractivity contribution is 0.0697. The average Bonchev–Trinajstić information content (AvgIpc) is 3.20. The fourth-order valence-electron chi connectivity index (χ4n) is 1.71. The number of hydrogen-bond donors (Lipinski definition) is 3. The van der Waals surface area contributed by atoms with E-state index < -0.39 is 5.97 Å². The Morgan fingerprint density at radius 2 is 1.89 bits per heavy atom. The molecule has 1 aliphatic carbocycles. The normalized spacial score (nSPS) is 13.9. The third kappa shape index (κ3) is 3.45. The number of carboxylic acids is 1. The summed E-state index contributed by atoms with van der Waals surface area (Å²) in [6.07, 6.45) is 1.97. The first-order chi connectivity index (χ1) is 9.11. The number of carbonyl (C=O) groups excluding carboxylic acids is 1. The van der Waals surface area contributed by atoms with E-state index in [0.717, 1.165) is 12.8 Å². The summed E-state index contributed by atoms with van der Waals surface area (Å²) in [4.78, 5) is 24.2. The molecular formula is C13H16N2O4. The predicted molar refractivity (Wildman–Crippen MR) is 69.4 cm³/mol. The van der Waals surface area contributed by atoms with Gasteiger partial charge in [0.25, 0.3) is 0 Å². The van der Waals surface area contributed by atoms with Crippen molar-refractivity contribution in [3.63, 3.8) is 0 Å². The van der Waals surface area contributed by atoms with E-state index >= 15 is 0 Å². The lowest BCUT2D eigenvalue weighted by Crippen LogP contribution is -2.42. The van der Waals surface area contributed by atoms with Gasteiger partial charge < -0.3 is 15.5 Å². The van der Waals surface area contributed by atoms with Crippen LogP contribution in [0.15, 0.2) is 24.3 Å². The standard InChI is InChI=1S/C13H16N2O4/c16-8-7-15(13(19)14-10-3-4-10)11-5-1-9(2-6-11)12(17)18/h1-2,5-6,10,16H,3-4,7-8H2,(H,14,19)(H,17,18). The van der Waals surface area contributed by atoms with Gasteiger partial charge in [0.2, 0.25) is 0 Å². The van der Waals surface area contributed by atoms with Crippen LogP contribution < -0.4 is 10.2 Å². The number of benzene rings is 1. The van der Waals surface area contributed by atoms with Gasteiger partial charge in [-0.3, -0.25) is 4.90 Å². The third-order valence-electron chi connectivity index (χ3n) is 2.90. The van der Waals surface area contributed by atoms with Crippen molar-refractivity contribution < 1.29 is 19.8 Å². The average molecular weight is 264 g/mol. The SMILES string of the molecule is O=C(O)c1ccc(N(CCO)C(=O)NC2CC2)cc1. The smallest absolute Gasteiger partial charge is 0.335 e. The highest BCUT2D eigenvalue weighted by Gasteiger charge is 2.26. The Kier molecular flexibility index (Phi) is 4.01. The minimum Gasteiger partial charge on any atom is -0.478 e. The molecule has 3 N–H and O–H groups in total. The molecule has 0 bridgehead atoms. The Morgan fingerprint density at radius 1 is 1.26 bits per heavy atom. The number of aliphatic hydroxyl groups is 1. The lowest BCUT2D eigenvalue weighted by Gasteiger charge is -2.22. The highest BCUT2D eigenvalue weighted by molar-refractivity contribution is 5.93. The number of nitrogens with zero attached hydrogens (tertiary/aromatic N) is 1. The molecule has 0 atom stereocenters. The van der Waals surface area contributed by atoms with E-state index in [0.29, 0.717) is 5.69 Å². The van der Waals surface area contributed by atoms with E-state index in [4.69, 9.17) is 10.2 Å². The summed E-state index contributed by atoms with van der Waals surface area (Å²) >= 11 is 0. The van der Waals surface area contributed by atoms with Crippen LogP contribution in [-0.4, -0.2) is 41.4 Å². The molecule has 6 heteroatoms. The van der Waals surface area contributed by atoms with E-state index in [9.17, 15) is 9.59 Å². The summed E-state index contributed by atoms with van der Waals surface area (Å²) in [6.45, 7) is 0.0176. The molecule has 0 aromatic heterocycles. The molecule has 6 nitrogen and oxygen atoms in total. The van der Waals surface area contributed by atoms with Crippen molar-refractivity contribution in [3.05, 3.63) is 29.8 Å². The Morgan fingerprint density at radius 3 is 2.37 bits per heavy atom. The molecule has 2 amide bonds. The van der Waals surface area contributed by atoms with Crippen molar-refractivity contribution in [2.45, 2.75) is 18.9 Å². The van der Waals surface area contributed by atoms with Gasteiger partial charge >= 0.3 is 12.0 Å². The van der Waals surface area contributed by atoms with Crippen LogP contribution >= 0.6 is 0 Å². The quantitative estimate of drug-likeness (QED) is 0.741. The molecule has 2 rings (SSSR count). The number of amides is 2. The van der Waals surface area contributed by atoms with Gasteiger partial charge in [-0.1, -0.05) is 0 Å². The topological polar surface area (TPSA) is 89.9 Å². The molecule has 1 aromatic rings. The number of hydrogen-bond acceptors (Lipinski definition) is 3. The van der Waals surface area contributed by atoms with Crippen molar-refractivity contribution in [3.8, 4) is 0 Å². The van der Waals surface area contributed by atoms with Crippen LogP contribution in [0.4, 0.5) is 10.5 Å². The molecule has 1 fully saturated rings. The molecule has 0 spiro atoms. The van der Waals surface area contributed by atoms with Crippen LogP contribution in [0.2, 0.25) is 0 Å². The second-order valence-corrected chi connectivity index (χ2v) is 4.45. The number of anilines is 1. The molecule has 0 aliphatic heterocycles. The lowest BCUT2D eigenvalue weighted by atomic mass is 10.2. The number of aromatic carboxylic acids is 1. The number of carbonyl (C=O) groups is 2. The molecule has 0 radical (unpaired) electrons. The van der Waals surface area contributed by atoms with Crippen LogP contribution in [0, 0.1) is 0 Å². The Labute approximate surface area is 110 Å². The molecular weight excluding hydrogens is 248 g/mol. The van der Waals surface area contributed by atoms with Crippen molar-refractivity contribution in [2.75, 3.05) is 18.1 Å². The van der Waals surface area contributed by atoms with Gasteiger partial charge in [-0.05, 0) is 37.1 Å². The second-order valence-electron chi connectivity index (χ2n) is 4.45. The summed E-state index contributed by atoms with van der Waals surface area (Å²) in [5, 5.41) is 20.7. The maximum absolute atomic E-state index is 12.0. The van der Waals surface area contributed by atoms with Gasteiger partial charge in [0, 0.05) is 11.7 Å². The van der Waals surface area contributed by atoms with E-state index in [2.05, 4.69) is 5.32 Å². The summed E-state index contributed by atoms with van der Waals surface area (Å²) in [7, 11) is 0. The highest BCUT2D eigenvalue weighted by atomic mass is 16.4. The van der Waals surface area contributed by atoms with Crippen LogP contribution in [0.5, 0.6) is 0 Å². The molecule has 1 saturated carbocycles. The zero-order chi connectivity index (χ0) is 13.8. The highest BCUT2D eigenvalue weighted by Crippen LogP contribution is 2.21. The molecule has 102 valence electrons. The zero-order valence-electron chi connectivity index (χ0n) is 10.4. The first kappa shape index (κ1) is 13.4. The maximum atomic E-state index is 12.0. The second kappa shape index (κ2) is 5.71. The van der Waals surface area contributed by atoms with Gasteiger partial charge in [-0.15, -0.1) is 0 Å². The van der Waals surface area contributed by atoms with Gasteiger partial charge in [-0.25, -0.2) is 9.59 Å². The number of nitrogens with one attached hydrogen (secondary N) is 1. The molecule has 1 aromatic carbocycles. The predicted octanol–water partition coefficient (Wildman–Crippen LogP) is 1.06. The van der Waals surface area contributed by atoms with Gasteiger partial charge in [0.05, 0.1) is 18.7 Å². The fraction of sp³-hybridized carbons (Fsp3) is 0.385. The van der Waals surface area contributed by atoms with Gasteiger partial charge in [0.15, 0.2) is 0 Å². The van der Waals surface area contributed by atoms with Crippen molar-refractivity contribution in [2.24, 2.45) is 0 Å². The van der Waals surface area contributed by atoms with E-state index in [1.165, 1.54) is 17.0 Å². The summed E-state index contributed by atoms with van der Waals surface area (Å²) < 4.78 is 0. The van der Waals surface area contributed by atoms with Gasteiger partial charge in [-0.2, -0.15) is 0 Å². The monoisotopic (exact) mass is 264 g/mol. The Balaban J connectivity index is 2.12. The molecule has 19 heavy (non-hydrogen) atoms. The number of rotatable bonds is 5. The van der Waals surface area contributed by atoms with E-state index in [1.54, 1.807) is 12.1 Å². The van der Waals surface area contributed by atoms with Crippen molar-refractivity contribution in [1.29, 1.82) is 0 Å². The minimum atomic E-state index is -1.01. The molecule has 0 heterocycles. The van der Waals surface area contributed by atoms with Crippen molar-refractivity contribution >= 4 is 17.7 Å². The molecule has 0 unspecified atom stereocenters. The van der Waals surface area contributed by atoms with Crippen LogP contribution in [0.3, 0.4) is 0 Å². The number of urea groups is 1. The maximum Gasteiger partial charge on any atom is 0.335 e. The van der Waals surface area contributed by atoms with E-state index in [1.807, 2.05) is 0 Å². The minimum absolute atomic E-state index is 0.154. The first-order valence-electron chi connectivity index (χ1n) is 6.14. The fourth-order valence-corrected chi connectivity index (χ4v) is 1.71. The van der Waals surface area contributed by atoms with Crippen LogP contribution in [0.1, 0.15) is 23.2 Å². The summed E-state index contributed by atoms with van der Waals surface area (Å²) in [5.41, 5.74) is 0.729. The molecule has 0 saturated heterocycles. The van der Waals surface area contributed by atoms with Crippen LogP contribution in [-0.2, 0) is 0 Å². The Hall–Kier alpha value is -2.08. The number of carboxylic acid groups (broad SMARTS) is 1. The van der Waals surface area contributed by atoms with Crippen molar-refractivity contribution in [1.82, 2.24) is 5.32 Å². The number of aliphatic hydroxyl groups excluding tert-OH is 1. The summed E-state index contributed by atoms with van der Waals surface area (Å²) in [6, 6.07) is 5.96. The zero-order valence-corrected chi connectivity index (χ0v) is 10.4. The van der Waals surface area contributed by atoms with Gasteiger partial charge in [0.1, 0.15) is 0 Å². The Bertz CT molecular complexity index is 468. The first-order valence-corrected chi connectivity index (χ1v) is 6.14. The van der Waals surface area contributed by atoms with Crippen LogP contribution in [0.25, 0.3) is 0 Å². The largest absolute Gasteiger partial charge is 0.478 e. The third-order valence-corrected chi connectivity index (χ3v) is 2.90. The summed E-state index contributed by atoms with van der Waals surface area (Å²) in [5.74, 6) is -1.01.